The van der Waals surface area contributed by atoms with E-state index < -0.39 is 10.0 Å². The lowest BCUT2D eigenvalue weighted by Crippen LogP contribution is -2.48. The summed E-state index contributed by atoms with van der Waals surface area (Å²) in [6.07, 6.45) is 3.41. The number of pyridine rings is 1. The summed E-state index contributed by atoms with van der Waals surface area (Å²) in [5.74, 6) is 0.433. The van der Waals surface area contributed by atoms with Crippen LogP contribution in [0.2, 0.25) is 0 Å². The number of imidazole rings is 1. The van der Waals surface area contributed by atoms with Gasteiger partial charge in [-0.15, -0.1) is 0 Å². The number of fused-ring (bicyclic) bond motifs is 1. The highest BCUT2D eigenvalue weighted by atomic mass is 32.2. The van der Waals surface area contributed by atoms with Crippen molar-refractivity contribution in [2.45, 2.75) is 19.4 Å². The number of hydrogen-bond donors (Lipinski definition) is 4. The first-order valence-corrected chi connectivity index (χ1v) is 14.4. The van der Waals surface area contributed by atoms with Gasteiger partial charge in [0.15, 0.2) is 0 Å². The molecule has 3 heterocycles. The molecule has 0 spiro atoms. The lowest BCUT2D eigenvalue weighted by molar-refractivity contribution is 0.274. The molecular formula is C27H32N6O4S. The van der Waals surface area contributed by atoms with E-state index in [1.807, 2.05) is 49.4 Å². The molecule has 11 heteroatoms. The summed E-state index contributed by atoms with van der Waals surface area (Å²) < 4.78 is 25.2. The number of aliphatic hydroxyl groups is 1. The molecule has 0 aliphatic carbocycles. The number of aryl methyl sites for hydroxylation is 1. The van der Waals surface area contributed by atoms with Crippen LogP contribution in [0.15, 0.2) is 59.5 Å². The number of H-pyrrole nitrogens is 2. The van der Waals surface area contributed by atoms with E-state index in [4.69, 9.17) is 4.98 Å². The third kappa shape index (κ3) is 5.45. The summed E-state index contributed by atoms with van der Waals surface area (Å²) in [4.78, 5) is 26.0. The van der Waals surface area contributed by atoms with Gasteiger partial charge in [0.2, 0.25) is 10.0 Å². The molecule has 38 heavy (non-hydrogen) atoms. The molecule has 5 rings (SSSR count). The van der Waals surface area contributed by atoms with Crippen molar-refractivity contribution in [2.24, 2.45) is 0 Å². The van der Waals surface area contributed by atoms with Crippen LogP contribution in [0.4, 0.5) is 11.4 Å². The molecule has 0 amide bonds. The van der Waals surface area contributed by atoms with Crippen molar-refractivity contribution in [3.63, 3.8) is 0 Å². The fourth-order valence-electron chi connectivity index (χ4n) is 4.96. The van der Waals surface area contributed by atoms with Gasteiger partial charge in [0.25, 0.3) is 5.56 Å². The quantitative estimate of drug-likeness (QED) is 0.272. The zero-order chi connectivity index (χ0) is 26.9. The monoisotopic (exact) mass is 536 g/mol. The van der Waals surface area contributed by atoms with Gasteiger partial charge in [-0.05, 0) is 42.7 Å². The minimum atomic E-state index is -3.20. The molecular weight excluding hydrogens is 504 g/mol. The van der Waals surface area contributed by atoms with E-state index in [2.05, 4.69) is 20.2 Å². The summed E-state index contributed by atoms with van der Waals surface area (Å²) >= 11 is 0. The minimum absolute atomic E-state index is 0.101. The first-order valence-electron chi connectivity index (χ1n) is 12.6. The number of piperazine rings is 1. The molecule has 4 N–H and O–H groups in total. The molecule has 4 aromatic rings. The molecule has 0 saturated carbocycles. The average molecular weight is 537 g/mol. The Labute approximate surface area is 221 Å². The fourth-order valence-corrected chi connectivity index (χ4v) is 5.79. The second-order valence-corrected chi connectivity index (χ2v) is 11.7. The third-order valence-corrected chi connectivity index (χ3v) is 8.24. The lowest BCUT2D eigenvalue weighted by Gasteiger charge is -2.34. The Morgan fingerprint density at radius 2 is 1.84 bits per heavy atom. The Bertz CT molecular complexity index is 1590. The number of aromatic nitrogens is 3. The van der Waals surface area contributed by atoms with Crippen molar-refractivity contribution in [2.75, 3.05) is 49.3 Å². The average Bonchev–Trinajstić information content (AvgIpc) is 3.33. The molecule has 1 fully saturated rings. The highest BCUT2D eigenvalue weighted by Gasteiger charge is 2.24. The third-order valence-electron chi connectivity index (χ3n) is 6.94. The van der Waals surface area contributed by atoms with Gasteiger partial charge in [0.05, 0.1) is 35.6 Å². The first kappa shape index (κ1) is 26.0. The lowest BCUT2D eigenvalue weighted by atomic mass is 10.1. The molecule has 2 aromatic carbocycles. The number of hydrogen-bond acceptors (Lipinski definition) is 7. The van der Waals surface area contributed by atoms with E-state index in [9.17, 15) is 18.3 Å². The summed E-state index contributed by atoms with van der Waals surface area (Å²) in [5.41, 5.74) is 5.21. The number of sulfonamides is 1. The van der Waals surface area contributed by atoms with Gasteiger partial charge < -0.3 is 25.3 Å². The molecule has 1 unspecified atom stereocenters. The highest BCUT2D eigenvalue weighted by molar-refractivity contribution is 7.88. The Morgan fingerprint density at radius 3 is 2.53 bits per heavy atom. The topological polar surface area (TPSA) is 134 Å². The molecule has 0 radical (unpaired) electrons. The summed E-state index contributed by atoms with van der Waals surface area (Å²) in [6.45, 7) is 3.93. The zero-order valence-corrected chi connectivity index (χ0v) is 22.3. The number of rotatable bonds is 8. The van der Waals surface area contributed by atoms with Crippen LogP contribution in [0.1, 0.15) is 11.1 Å². The predicted molar refractivity (Wildman–Crippen MR) is 150 cm³/mol. The number of aromatic amines is 2. The molecule has 1 aliphatic heterocycles. The van der Waals surface area contributed by atoms with Crippen LogP contribution in [-0.4, -0.2) is 77.9 Å². The minimum Gasteiger partial charge on any atom is -0.394 e. The Kier molecular flexibility index (Phi) is 7.24. The van der Waals surface area contributed by atoms with Gasteiger partial charge in [-0.25, -0.2) is 13.4 Å². The first-order chi connectivity index (χ1) is 18.2. The Balaban J connectivity index is 1.44. The predicted octanol–water partition coefficient (Wildman–Crippen LogP) is 2.32. The molecule has 1 saturated heterocycles. The second-order valence-electron chi connectivity index (χ2n) is 9.70. The summed E-state index contributed by atoms with van der Waals surface area (Å²) in [6, 6.07) is 15.4. The van der Waals surface area contributed by atoms with E-state index in [0.717, 1.165) is 27.8 Å². The van der Waals surface area contributed by atoms with Crippen molar-refractivity contribution < 1.29 is 13.5 Å². The van der Waals surface area contributed by atoms with E-state index in [0.29, 0.717) is 49.7 Å². The molecule has 10 nitrogen and oxygen atoms in total. The van der Waals surface area contributed by atoms with E-state index >= 15 is 0 Å². The van der Waals surface area contributed by atoms with E-state index in [1.165, 1.54) is 10.6 Å². The van der Waals surface area contributed by atoms with Crippen LogP contribution >= 0.6 is 0 Å². The van der Waals surface area contributed by atoms with Crippen molar-refractivity contribution in [3.05, 3.63) is 76.2 Å². The molecule has 1 aliphatic rings. The fraction of sp³-hybridized carbons (Fsp3) is 0.333. The number of aliphatic hydroxyl groups excluding tert-OH is 1. The largest absolute Gasteiger partial charge is 0.394 e. The van der Waals surface area contributed by atoms with Crippen LogP contribution in [0.5, 0.6) is 0 Å². The van der Waals surface area contributed by atoms with Crippen molar-refractivity contribution in [1.29, 1.82) is 0 Å². The Morgan fingerprint density at radius 1 is 1.11 bits per heavy atom. The number of nitrogens with zero attached hydrogens (tertiary/aromatic N) is 3. The van der Waals surface area contributed by atoms with Crippen LogP contribution < -0.4 is 15.8 Å². The zero-order valence-electron chi connectivity index (χ0n) is 21.4. The van der Waals surface area contributed by atoms with Gasteiger partial charge in [0, 0.05) is 38.1 Å². The van der Waals surface area contributed by atoms with Gasteiger partial charge in [-0.3, -0.25) is 4.79 Å². The summed E-state index contributed by atoms with van der Waals surface area (Å²) in [7, 11) is -3.20. The van der Waals surface area contributed by atoms with Crippen molar-refractivity contribution in [1.82, 2.24) is 19.3 Å². The van der Waals surface area contributed by atoms with Crippen molar-refractivity contribution in [3.8, 4) is 11.4 Å². The van der Waals surface area contributed by atoms with Gasteiger partial charge in [-0.1, -0.05) is 30.3 Å². The maximum absolute atomic E-state index is 13.0. The summed E-state index contributed by atoms with van der Waals surface area (Å²) in [5, 5.41) is 13.4. The van der Waals surface area contributed by atoms with E-state index in [1.54, 1.807) is 12.3 Å². The van der Waals surface area contributed by atoms with Crippen LogP contribution in [0.3, 0.4) is 0 Å². The number of anilines is 2. The molecule has 0 bridgehead atoms. The van der Waals surface area contributed by atoms with Crippen LogP contribution in [-0.2, 0) is 16.4 Å². The van der Waals surface area contributed by atoms with Gasteiger partial charge >= 0.3 is 0 Å². The molecule has 2 aromatic heterocycles. The maximum Gasteiger partial charge on any atom is 0.261 e. The standard InChI is InChI=1S/C27H32N6O4S/c1-18-14-21(32-10-12-33(13-11-32)38(2,36)37)16-23-25(18)31-26(30-23)24-22(8-9-28-27(24)35)29-20(17-34)15-19-6-4-3-5-7-19/h3-9,14,16,20,34H,10-13,15,17H2,1-2H3,(H,30,31)(H2,28,29,35). The highest BCUT2D eigenvalue weighted by Crippen LogP contribution is 2.30. The van der Waals surface area contributed by atoms with Crippen molar-refractivity contribution >= 4 is 32.4 Å². The number of nitrogens with one attached hydrogen (secondary N) is 3. The maximum atomic E-state index is 13.0. The molecule has 1 atom stereocenters. The Hall–Kier alpha value is -3.67. The second kappa shape index (κ2) is 10.6. The normalized spacial score (nSPS) is 15.6. The smallest absolute Gasteiger partial charge is 0.261 e. The van der Waals surface area contributed by atoms with Gasteiger partial charge in [0.1, 0.15) is 11.4 Å². The van der Waals surface area contributed by atoms with Gasteiger partial charge in [-0.2, -0.15) is 4.31 Å². The van der Waals surface area contributed by atoms with Crippen LogP contribution in [0, 0.1) is 6.92 Å². The van der Waals surface area contributed by atoms with E-state index in [-0.39, 0.29) is 18.2 Å². The SMILES string of the molecule is Cc1cc(N2CCN(S(C)(=O)=O)CC2)cc2[nH]c(-c3c(NC(CO)Cc4ccccc4)cc[nH]c3=O)nc12. The van der Waals surface area contributed by atoms with Crippen LogP contribution in [0.25, 0.3) is 22.4 Å². The molecule has 200 valence electrons. The number of benzene rings is 2.